The van der Waals surface area contributed by atoms with Gasteiger partial charge in [-0.05, 0) is 0 Å². The van der Waals surface area contributed by atoms with E-state index in [9.17, 15) is 4.79 Å². The summed E-state index contributed by atoms with van der Waals surface area (Å²) in [6.07, 6.45) is 0. The van der Waals surface area contributed by atoms with E-state index >= 15 is 0 Å². The highest BCUT2D eigenvalue weighted by Gasteiger charge is 2.21. The Bertz CT molecular complexity index is 387. The van der Waals surface area contributed by atoms with Gasteiger partial charge in [-0.15, -0.1) is 0 Å². The van der Waals surface area contributed by atoms with E-state index in [1.807, 2.05) is 0 Å². The van der Waals surface area contributed by atoms with Gasteiger partial charge >= 0.3 is 5.97 Å². The number of thiazole rings is 1. The van der Waals surface area contributed by atoms with Gasteiger partial charge in [0, 0.05) is 13.1 Å². The van der Waals surface area contributed by atoms with E-state index in [-0.39, 0.29) is 5.82 Å². The Labute approximate surface area is 97.0 Å². The van der Waals surface area contributed by atoms with Crippen molar-refractivity contribution in [2.24, 2.45) is 0 Å². The third-order valence-electron chi connectivity index (χ3n) is 2.29. The lowest BCUT2D eigenvalue weighted by atomic mass is 10.4. The van der Waals surface area contributed by atoms with Crippen LogP contribution in [-0.4, -0.2) is 44.4 Å². The van der Waals surface area contributed by atoms with E-state index in [1.165, 1.54) is 18.4 Å². The molecule has 0 aliphatic carbocycles. The van der Waals surface area contributed by atoms with Crippen LogP contribution >= 0.6 is 11.3 Å². The summed E-state index contributed by atoms with van der Waals surface area (Å²) in [5.41, 5.74) is 5.67. The molecule has 1 aliphatic heterocycles. The van der Waals surface area contributed by atoms with Gasteiger partial charge in [0.05, 0.1) is 20.3 Å². The lowest BCUT2D eigenvalue weighted by Crippen LogP contribution is -2.36. The van der Waals surface area contributed by atoms with Gasteiger partial charge in [-0.2, -0.15) is 0 Å². The molecule has 0 saturated carbocycles. The predicted octanol–water partition coefficient (Wildman–Crippen LogP) is 0.349. The van der Waals surface area contributed by atoms with Crippen LogP contribution in [0.4, 0.5) is 10.9 Å². The number of ether oxygens (including phenoxy) is 2. The number of carbonyl (C=O) groups excluding carboxylic acids is 1. The number of rotatable bonds is 2. The molecular weight excluding hydrogens is 230 g/mol. The van der Waals surface area contributed by atoms with Gasteiger partial charge < -0.3 is 20.1 Å². The van der Waals surface area contributed by atoms with Crippen LogP contribution in [0.2, 0.25) is 0 Å². The molecule has 0 amide bonds. The van der Waals surface area contributed by atoms with Crippen LogP contribution in [0.25, 0.3) is 0 Å². The van der Waals surface area contributed by atoms with Crippen molar-refractivity contribution in [2.75, 3.05) is 44.0 Å². The van der Waals surface area contributed by atoms with Gasteiger partial charge in [0.25, 0.3) is 0 Å². The van der Waals surface area contributed by atoms with Gasteiger partial charge in [-0.3, -0.25) is 0 Å². The number of esters is 1. The van der Waals surface area contributed by atoms with Crippen LogP contribution in [0.3, 0.4) is 0 Å². The zero-order valence-corrected chi connectivity index (χ0v) is 9.75. The molecule has 2 rings (SSSR count). The van der Waals surface area contributed by atoms with Crippen LogP contribution in [0, 0.1) is 0 Å². The van der Waals surface area contributed by atoms with Crippen LogP contribution < -0.4 is 10.6 Å². The van der Waals surface area contributed by atoms with Crippen molar-refractivity contribution in [1.82, 2.24) is 4.98 Å². The second kappa shape index (κ2) is 4.67. The summed E-state index contributed by atoms with van der Waals surface area (Å²) in [5, 5.41) is 0.751. The Balaban J connectivity index is 2.19. The maximum Gasteiger partial charge on any atom is 0.351 e. The summed E-state index contributed by atoms with van der Waals surface area (Å²) >= 11 is 1.26. The molecule has 0 atom stereocenters. The molecule has 6 nitrogen and oxygen atoms in total. The van der Waals surface area contributed by atoms with E-state index in [4.69, 9.17) is 10.5 Å². The molecule has 1 aromatic heterocycles. The minimum absolute atomic E-state index is 0.235. The molecule has 16 heavy (non-hydrogen) atoms. The third kappa shape index (κ3) is 2.10. The summed E-state index contributed by atoms with van der Waals surface area (Å²) in [7, 11) is 1.33. The van der Waals surface area contributed by atoms with E-state index in [1.54, 1.807) is 0 Å². The van der Waals surface area contributed by atoms with Crippen LogP contribution in [0.1, 0.15) is 9.67 Å². The molecule has 2 N–H and O–H groups in total. The summed E-state index contributed by atoms with van der Waals surface area (Å²) in [4.78, 5) is 17.9. The predicted molar refractivity (Wildman–Crippen MR) is 60.9 cm³/mol. The molecule has 1 aliphatic rings. The zero-order valence-electron chi connectivity index (χ0n) is 8.93. The molecule has 0 bridgehead atoms. The number of hydrogen-bond acceptors (Lipinski definition) is 7. The first-order chi connectivity index (χ1) is 7.72. The Kier molecular flexibility index (Phi) is 3.25. The van der Waals surface area contributed by atoms with Crippen LogP contribution in [0.15, 0.2) is 0 Å². The largest absolute Gasteiger partial charge is 0.465 e. The fraction of sp³-hybridized carbons (Fsp3) is 0.556. The normalized spacial score (nSPS) is 16.2. The van der Waals surface area contributed by atoms with E-state index in [0.29, 0.717) is 18.1 Å². The van der Waals surface area contributed by atoms with Crippen molar-refractivity contribution in [3.63, 3.8) is 0 Å². The maximum absolute atomic E-state index is 11.4. The quantitative estimate of drug-likeness (QED) is 0.755. The standard InChI is InChI=1S/C9H13N3O3S/c1-14-8(13)6-7(10)11-9(16-6)12-2-4-15-5-3-12/h2-5,10H2,1H3. The minimum Gasteiger partial charge on any atom is -0.465 e. The number of nitrogen functional groups attached to an aromatic ring is 1. The molecule has 1 saturated heterocycles. The molecular formula is C9H13N3O3S. The van der Waals surface area contributed by atoms with E-state index in [0.717, 1.165) is 18.2 Å². The highest BCUT2D eigenvalue weighted by atomic mass is 32.1. The van der Waals surface area contributed by atoms with Crippen molar-refractivity contribution in [2.45, 2.75) is 0 Å². The van der Waals surface area contributed by atoms with Gasteiger partial charge in [0.2, 0.25) is 0 Å². The van der Waals surface area contributed by atoms with Gasteiger partial charge in [0.1, 0.15) is 0 Å². The van der Waals surface area contributed by atoms with Crippen LogP contribution in [0.5, 0.6) is 0 Å². The number of morpholine rings is 1. The van der Waals surface area contributed by atoms with Crippen molar-refractivity contribution < 1.29 is 14.3 Å². The van der Waals surface area contributed by atoms with Crippen molar-refractivity contribution in [3.05, 3.63) is 4.88 Å². The number of nitrogens with zero attached hydrogens (tertiary/aromatic N) is 2. The zero-order chi connectivity index (χ0) is 11.5. The number of anilines is 2. The Morgan fingerprint density at radius 1 is 1.56 bits per heavy atom. The molecule has 1 aromatic rings. The van der Waals surface area contributed by atoms with Crippen molar-refractivity contribution in [3.8, 4) is 0 Å². The topological polar surface area (TPSA) is 77.7 Å². The summed E-state index contributed by atoms with van der Waals surface area (Å²) < 4.78 is 9.87. The second-order valence-electron chi connectivity index (χ2n) is 3.30. The van der Waals surface area contributed by atoms with Gasteiger partial charge in [0.15, 0.2) is 15.8 Å². The Hall–Kier alpha value is -1.34. The average Bonchev–Trinajstić information content (AvgIpc) is 2.71. The lowest BCUT2D eigenvalue weighted by Gasteiger charge is -2.25. The fourth-order valence-corrected chi connectivity index (χ4v) is 2.40. The van der Waals surface area contributed by atoms with E-state index < -0.39 is 5.97 Å². The molecule has 0 spiro atoms. The molecule has 0 aromatic carbocycles. The SMILES string of the molecule is COC(=O)c1sc(N2CCOCC2)nc1N. The monoisotopic (exact) mass is 243 g/mol. The Morgan fingerprint density at radius 2 is 2.25 bits per heavy atom. The molecule has 7 heteroatoms. The molecule has 2 heterocycles. The summed E-state index contributed by atoms with van der Waals surface area (Å²) in [6.45, 7) is 2.89. The van der Waals surface area contributed by atoms with Gasteiger partial charge in [-0.25, -0.2) is 9.78 Å². The highest BCUT2D eigenvalue weighted by molar-refractivity contribution is 7.18. The van der Waals surface area contributed by atoms with Gasteiger partial charge in [-0.1, -0.05) is 11.3 Å². The first-order valence-electron chi connectivity index (χ1n) is 4.89. The molecule has 0 unspecified atom stereocenters. The maximum atomic E-state index is 11.4. The average molecular weight is 243 g/mol. The summed E-state index contributed by atoms with van der Waals surface area (Å²) in [6, 6.07) is 0. The number of aromatic nitrogens is 1. The third-order valence-corrected chi connectivity index (χ3v) is 3.41. The minimum atomic E-state index is -0.436. The van der Waals surface area contributed by atoms with Crippen LogP contribution in [-0.2, 0) is 9.47 Å². The molecule has 0 radical (unpaired) electrons. The lowest BCUT2D eigenvalue weighted by molar-refractivity contribution is 0.0607. The first-order valence-corrected chi connectivity index (χ1v) is 5.71. The van der Waals surface area contributed by atoms with Crippen molar-refractivity contribution in [1.29, 1.82) is 0 Å². The number of carbonyl (C=O) groups is 1. The summed E-state index contributed by atoms with van der Waals surface area (Å²) in [5.74, 6) is -0.201. The first kappa shape index (κ1) is 11.2. The number of nitrogens with two attached hydrogens (primary N) is 1. The second-order valence-corrected chi connectivity index (χ2v) is 4.28. The highest BCUT2D eigenvalue weighted by Crippen LogP contribution is 2.28. The Morgan fingerprint density at radius 3 is 2.88 bits per heavy atom. The molecule has 88 valence electrons. The number of hydrogen-bond donors (Lipinski definition) is 1. The van der Waals surface area contributed by atoms with Crippen molar-refractivity contribution >= 4 is 28.3 Å². The fourth-order valence-electron chi connectivity index (χ4n) is 1.45. The number of methoxy groups -OCH3 is 1. The van der Waals surface area contributed by atoms with E-state index in [2.05, 4.69) is 14.6 Å². The smallest absolute Gasteiger partial charge is 0.351 e. The molecule has 1 fully saturated rings.